The summed E-state index contributed by atoms with van der Waals surface area (Å²) in [6, 6.07) is 0. The topological polar surface area (TPSA) is 29.9 Å². The van der Waals surface area contributed by atoms with Gasteiger partial charge in [-0.15, -0.1) is 0 Å². The monoisotopic (exact) mass is 239 g/mol. The van der Waals surface area contributed by atoms with Crippen LogP contribution < -0.4 is 5.32 Å². The molecule has 90 valence electrons. The zero-order valence-corrected chi connectivity index (χ0v) is 11.0. The average molecular weight is 239 g/mol. The lowest BCUT2D eigenvalue weighted by Crippen LogP contribution is -2.20. The second kappa shape index (κ2) is 5.62. The second-order valence-electron chi connectivity index (χ2n) is 4.43. The number of nitrogens with one attached hydrogen (secondary N) is 1. The third kappa shape index (κ3) is 2.94. The average Bonchev–Trinajstić information content (AvgIpc) is 2.68. The summed E-state index contributed by atoms with van der Waals surface area (Å²) in [5.74, 6) is 4.53. The fourth-order valence-electron chi connectivity index (χ4n) is 2.12. The fraction of sp³-hybridized carbons (Fsp3) is 0.750. The Balaban J connectivity index is 1.87. The third-order valence-electron chi connectivity index (χ3n) is 3.13. The van der Waals surface area contributed by atoms with Crippen LogP contribution in [0.5, 0.6) is 0 Å². The Kier molecular flexibility index (Phi) is 4.16. The Morgan fingerprint density at radius 1 is 1.50 bits per heavy atom. The van der Waals surface area contributed by atoms with Crippen LogP contribution in [0.25, 0.3) is 0 Å². The first-order valence-electron chi connectivity index (χ1n) is 6.15. The highest BCUT2D eigenvalue weighted by atomic mass is 32.2. The van der Waals surface area contributed by atoms with Gasteiger partial charge in [-0.05, 0) is 44.1 Å². The van der Waals surface area contributed by atoms with E-state index < -0.39 is 0 Å². The molecule has 0 atom stereocenters. The van der Waals surface area contributed by atoms with Gasteiger partial charge >= 0.3 is 0 Å². The molecule has 1 saturated heterocycles. The number of hydrogen-bond donors (Lipinski definition) is 1. The van der Waals surface area contributed by atoms with Gasteiger partial charge in [-0.25, -0.2) is 4.98 Å². The summed E-state index contributed by atoms with van der Waals surface area (Å²) in [4.78, 5) is 4.51. The molecule has 16 heavy (non-hydrogen) atoms. The number of aromatic nitrogens is 2. The molecule has 0 unspecified atom stereocenters. The molecule has 0 aromatic carbocycles. The number of imidazole rings is 1. The van der Waals surface area contributed by atoms with Crippen LogP contribution in [0.4, 0.5) is 5.95 Å². The van der Waals surface area contributed by atoms with Gasteiger partial charge in [0.15, 0.2) is 0 Å². The number of aryl methyl sites for hydroxylation is 2. The minimum Gasteiger partial charge on any atom is -0.355 e. The van der Waals surface area contributed by atoms with E-state index in [1.807, 2.05) is 0 Å². The van der Waals surface area contributed by atoms with Crippen molar-refractivity contribution in [3.8, 4) is 0 Å². The molecule has 0 spiro atoms. The Labute approximate surface area is 102 Å². The highest BCUT2D eigenvalue weighted by Crippen LogP contribution is 2.23. The lowest BCUT2D eigenvalue weighted by atomic mass is 10.0. The third-order valence-corrected chi connectivity index (χ3v) is 4.18. The van der Waals surface area contributed by atoms with Crippen molar-refractivity contribution in [2.45, 2.75) is 33.2 Å². The van der Waals surface area contributed by atoms with Gasteiger partial charge in [0.1, 0.15) is 0 Å². The molecule has 0 bridgehead atoms. The van der Waals surface area contributed by atoms with E-state index in [1.54, 1.807) is 0 Å². The molecule has 0 radical (unpaired) electrons. The Hall–Kier alpha value is -0.640. The predicted octanol–water partition coefficient (Wildman–Crippen LogP) is 2.77. The molecule has 4 heteroatoms. The fourth-order valence-corrected chi connectivity index (χ4v) is 3.32. The van der Waals surface area contributed by atoms with Crippen LogP contribution in [-0.2, 0) is 6.54 Å². The van der Waals surface area contributed by atoms with Crippen molar-refractivity contribution < 1.29 is 0 Å². The van der Waals surface area contributed by atoms with Crippen molar-refractivity contribution >= 4 is 17.7 Å². The van der Waals surface area contributed by atoms with Gasteiger partial charge in [0, 0.05) is 19.3 Å². The summed E-state index contributed by atoms with van der Waals surface area (Å²) in [5, 5.41) is 3.50. The first-order valence-corrected chi connectivity index (χ1v) is 7.30. The first-order chi connectivity index (χ1) is 7.79. The Morgan fingerprint density at radius 3 is 2.94 bits per heavy atom. The van der Waals surface area contributed by atoms with E-state index in [4.69, 9.17) is 0 Å². The van der Waals surface area contributed by atoms with E-state index >= 15 is 0 Å². The standard InChI is InChI=1S/C12H21N3S/c1-3-15-9-10(2)14-12(15)13-8-11-4-6-16-7-5-11/h9,11H,3-8H2,1-2H3,(H,13,14). The van der Waals surface area contributed by atoms with E-state index in [1.165, 1.54) is 24.3 Å². The van der Waals surface area contributed by atoms with E-state index in [-0.39, 0.29) is 0 Å². The molecule has 1 aromatic rings. The molecular formula is C12H21N3S. The maximum Gasteiger partial charge on any atom is 0.203 e. The van der Waals surface area contributed by atoms with Gasteiger partial charge in [-0.3, -0.25) is 0 Å². The zero-order valence-electron chi connectivity index (χ0n) is 10.2. The minimum atomic E-state index is 0.837. The second-order valence-corrected chi connectivity index (χ2v) is 5.65. The molecule has 1 N–H and O–H groups in total. The van der Waals surface area contributed by atoms with Crippen molar-refractivity contribution in [3.05, 3.63) is 11.9 Å². The molecule has 2 heterocycles. The van der Waals surface area contributed by atoms with Crippen molar-refractivity contribution in [2.24, 2.45) is 5.92 Å². The number of anilines is 1. The van der Waals surface area contributed by atoms with Crippen molar-refractivity contribution in [1.82, 2.24) is 9.55 Å². The summed E-state index contributed by atoms with van der Waals surface area (Å²) in [6.07, 6.45) is 4.81. The van der Waals surface area contributed by atoms with Crippen LogP contribution in [0.1, 0.15) is 25.5 Å². The number of hydrogen-bond acceptors (Lipinski definition) is 3. The van der Waals surface area contributed by atoms with Gasteiger partial charge < -0.3 is 9.88 Å². The molecule has 1 fully saturated rings. The van der Waals surface area contributed by atoms with Crippen LogP contribution in [-0.4, -0.2) is 27.6 Å². The van der Waals surface area contributed by atoms with Gasteiger partial charge in [0.05, 0.1) is 5.69 Å². The molecule has 1 aliphatic rings. The molecular weight excluding hydrogens is 218 g/mol. The molecule has 1 aliphatic heterocycles. The quantitative estimate of drug-likeness (QED) is 0.876. The van der Waals surface area contributed by atoms with Gasteiger partial charge in [-0.1, -0.05) is 0 Å². The number of rotatable bonds is 4. The SMILES string of the molecule is CCn1cc(C)nc1NCC1CCSCC1. The largest absolute Gasteiger partial charge is 0.355 e. The van der Waals surface area contributed by atoms with Gasteiger partial charge in [-0.2, -0.15) is 11.8 Å². The molecule has 0 aliphatic carbocycles. The van der Waals surface area contributed by atoms with Crippen molar-refractivity contribution in [3.63, 3.8) is 0 Å². The maximum absolute atomic E-state index is 4.51. The lowest BCUT2D eigenvalue weighted by molar-refractivity contribution is 0.513. The van der Waals surface area contributed by atoms with Crippen LogP contribution in [0.3, 0.4) is 0 Å². The summed E-state index contributed by atoms with van der Waals surface area (Å²) in [7, 11) is 0. The Morgan fingerprint density at radius 2 is 2.25 bits per heavy atom. The number of nitrogens with zero attached hydrogens (tertiary/aromatic N) is 2. The van der Waals surface area contributed by atoms with Crippen molar-refractivity contribution in [2.75, 3.05) is 23.4 Å². The minimum absolute atomic E-state index is 0.837. The molecule has 0 saturated carbocycles. The number of thioether (sulfide) groups is 1. The highest BCUT2D eigenvalue weighted by Gasteiger charge is 2.14. The van der Waals surface area contributed by atoms with Crippen molar-refractivity contribution in [1.29, 1.82) is 0 Å². The molecule has 2 rings (SSSR count). The Bertz CT molecular complexity index is 329. The van der Waals surface area contributed by atoms with Gasteiger partial charge in [0.25, 0.3) is 0 Å². The molecule has 0 amide bonds. The van der Waals surface area contributed by atoms with E-state index in [0.29, 0.717) is 0 Å². The van der Waals surface area contributed by atoms with E-state index in [0.717, 1.165) is 30.6 Å². The van der Waals surface area contributed by atoms with Crippen LogP contribution in [0.2, 0.25) is 0 Å². The van der Waals surface area contributed by atoms with Crippen LogP contribution >= 0.6 is 11.8 Å². The summed E-state index contributed by atoms with van der Waals surface area (Å²) in [5.41, 5.74) is 1.10. The summed E-state index contributed by atoms with van der Waals surface area (Å²) in [6.45, 7) is 6.28. The van der Waals surface area contributed by atoms with E-state index in [2.05, 4.69) is 46.7 Å². The summed E-state index contributed by atoms with van der Waals surface area (Å²) < 4.78 is 2.19. The smallest absolute Gasteiger partial charge is 0.203 e. The molecule has 3 nitrogen and oxygen atoms in total. The molecule has 1 aromatic heterocycles. The summed E-state index contributed by atoms with van der Waals surface area (Å²) >= 11 is 2.08. The normalized spacial score (nSPS) is 17.6. The predicted molar refractivity (Wildman–Crippen MR) is 71.2 cm³/mol. The van der Waals surface area contributed by atoms with Crippen LogP contribution in [0.15, 0.2) is 6.20 Å². The van der Waals surface area contributed by atoms with E-state index in [9.17, 15) is 0 Å². The maximum atomic E-state index is 4.51. The highest BCUT2D eigenvalue weighted by molar-refractivity contribution is 7.99. The lowest BCUT2D eigenvalue weighted by Gasteiger charge is -2.21. The van der Waals surface area contributed by atoms with Gasteiger partial charge in [0.2, 0.25) is 5.95 Å². The first kappa shape index (κ1) is 11.8. The zero-order chi connectivity index (χ0) is 11.4. The van der Waals surface area contributed by atoms with Crippen LogP contribution in [0, 0.1) is 12.8 Å².